The standard InChI is InChI=1S/C25H35N5O2/c1-2-27-13-15-28(16-14-27)20-10-12-29(18-20)24(31)19-8-9-21-22(17-19)26-23-7-5-3-4-6-11-30(23)25(21)32/h8-9,17,20H,2-7,10-16,18H2,1H3. The molecule has 2 fully saturated rings. The fourth-order valence-electron chi connectivity index (χ4n) is 5.58. The molecule has 7 heteroatoms. The quantitative estimate of drug-likeness (QED) is 0.738. The first kappa shape index (κ1) is 21.6. The number of benzene rings is 1. The summed E-state index contributed by atoms with van der Waals surface area (Å²) in [5, 5.41) is 0.624. The number of aryl methyl sites for hydroxylation is 1. The molecule has 2 aromatic rings. The zero-order valence-electron chi connectivity index (χ0n) is 19.3. The summed E-state index contributed by atoms with van der Waals surface area (Å²) in [5.74, 6) is 0.939. The van der Waals surface area contributed by atoms with Gasteiger partial charge in [-0.05, 0) is 44.0 Å². The molecule has 0 N–H and O–H groups in total. The first-order valence-corrected chi connectivity index (χ1v) is 12.4. The summed E-state index contributed by atoms with van der Waals surface area (Å²) < 4.78 is 1.85. The Balaban J connectivity index is 1.33. The molecule has 4 heterocycles. The summed E-state index contributed by atoms with van der Waals surface area (Å²) in [7, 11) is 0. The number of aromatic nitrogens is 2. The second-order valence-corrected chi connectivity index (χ2v) is 9.54. The minimum atomic E-state index is 0.0401. The molecule has 0 saturated carbocycles. The largest absolute Gasteiger partial charge is 0.337 e. The number of likely N-dealkylation sites (N-methyl/N-ethyl adjacent to an activating group) is 1. The third-order valence-electron chi connectivity index (χ3n) is 7.63. The third-order valence-corrected chi connectivity index (χ3v) is 7.63. The average Bonchev–Trinajstić information content (AvgIpc) is 3.30. The van der Waals surface area contributed by atoms with Gasteiger partial charge < -0.3 is 9.80 Å². The molecule has 0 bridgehead atoms. The Hall–Kier alpha value is -2.25. The molecule has 3 aliphatic heterocycles. The molecule has 0 radical (unpaired) electrons. The molecule has 1 aromatic heterocycles. The highest BCUT2D eigenvalue weighted by atomic mass is 16.2. The highest BCUT2D eigenvalue weighted by molar-refractivity contribution is 5.97. The average molecular weight is 438 g/mol. The van der Waals surface area contributed by atoms with Gasteiger partial charge in [-0.15, -0.1) is 0 Å². The van der Waals surface area contributed by atoms with Crippen LogP contribution in [0, 0.1) is 0 Å². The Morgan fingerprint density at radius 2 is 1.84 bits per heavy atom. The van der Waals surface area contributed by atoms with Crippen molar-refractivity contribution in [3.05, 3.63) is 39.9 Å². The van der Waals surface area contributed by atoms with E-state index in [1.807, 2.05) is 27.7 Å². The van der Waals surface area contributed by atoms with E-state index >= 15 is 0 Å². The van der Waals surface area contributed by atoms with Crippen LogP contribution in [0.3, 0.4) is 0 Å². The van der Waals surface area contributed by atoms with Crippen LogP contribution in [0.2, 0.25) is 0 Å². The number of nitrogens with zero attached hydrogens (tertiary/aromatic N) is 5. The predicted octanol–water partition coefficient (Wildman–Crippen LogP) is 2.37. The molecule has 1 aromatic carbocycles. The summed E-state index contributed by atoms with van der Waals surface area (Å²) in [6.07, 6.45) is 6.33. The number of rotatable bonds is 3. The molecular weight excluding hydrogens is 402 g/mol. The van der Waals surface area contributed by atoms with Crippen molar-refractivity contribution in [2.45, 2.75) is 58.0 Å². The lowest BCUT2D eigenvalue weighted by Gasteiger charge is -2.37. The molecule has 5 rings (SSSR count). The zero-order chi connectivity index (χ0) is 22.1. The van der Waals surface area contributed by atoms with Crippen LogP contribution >= 0.6 is 0 Å². The van der Waals surface area contributed by atoms with Crippen LogP contribution < -0.4 is 5.56 Å². The molecule has 3 aliphatic rings. The van der Waals surface area contributed by atoms with Gasteiger partial charge in [-0.2, -0.15) is 0 Å². The van der Waals surface area contributed by atoms with E-state index in [4.69, 9.17) is 4.98 Å². The number of piperazine rings is 1. The van der Waals surface area contributed by atoms with E-state index in [9.17, 15) is 9.59 Å². The van der Waals surface area contributed by atoms with Crippen LogP contribution in [0.1, 0.15) is 55.2 Å². The first-order valence-electron chi connectivity index (χ1n) is 12.4. The number of carbonyl (C=O) groups is 1. The number of amides is 1. The summed E-state index contributed by atoms with van der Waals surface area (Å²) in [5.41, 5.74) is 1.36. The normalized spacial score (nSPS) is 23.2. The van der Waals surface area contributed by atoms with Gasteiger partial charge in [0.1, 0.15) is 5.82 Å². The van der Waals surface area contributed by atoms with E-state index < -0.39 is 0 Å². The van der Waals surface area contributed by atoms with Crippen LogP contribution in [0.4, 0.5) is 0 Å². The van der Waals surface area contributed by atoms with Crippen molar-refractivity contribution >= 4 is 16.8 Å². The van der Waals surface area contributed by atoms with Crippen molar-refractivity contribution in [1.82, 2.24) is 24.3 Å². The Morgan fingerprint density at radius 1 is 1.03 bits per heavy atom. The van der Waals surface area contributed by atoms with E-state index in [0.717, 1.165) is 83.9 Å². The van der Waals surface area contributed by atoms with E-state index in [1.165, 1.54) is 12.8 Å². The van der Waals surface area contributed by atoms with Gasteiger partial charge in [0.2, 0.25) is 0 Å². The Kier molecular flexibility index (Phi) is 6.28. The highest BCUT2D eigenvalue weighted by Gasteiger charge is 2.32. The maximum Gasteiger partial charge on any atom is 0.261 e. The molecule has 32 heavy (non-hydrogen) atoms. The van der Waals surface area contributed by atoms with Gasteiger partial charge in [-0.1, -0.05) is 19.8 Å². The SMILES string of the molecule is CCN1CCN(C2CCN(C(=O)c3ccc4c(=O)n5c(nc4c3)CCCCCC5)C2)CC1. The second-order valence-electron chi connectivity index (χ2n) is 9.54. The van der Waals surface area contributed by atoms with Gasteiger partial charge in [-0.25, -0.2) is 4.98 Å². The number of fused-ring (bicyclic) bond motifs is 2. The minimum Gasteiger partial charge on any atom is -0.337 e. The molecule has 172 valence electrons. The van der Waals surface area contributed by atoms with Crippen molar-refractivity contribution in [1.29, 1.82) is 0 Å². The van der Waals surface area contributed by atoms with E-state index in [-0.39, 0.29) is 11.5 Å². The topological polar surface area (TPSA) is 61.7 Å². The first-order chi connectivity index (χ1) is 15.6. The maximum absolute atomic E-state index is 13.3. The van der Waals surface area contributed by atoms with Crippen LogP contribution in [0.15, 0.2) is 23.0 Å². The van der Waals surface area contributed by atoms with Gasteiger partial charge in [-0.3, -0.25) is 19.1 Å². The Bertz CT molecular complexity index is 1040. The van der Waals surface area contributed by atoms with E-state index in [1.54, 1.807) is 0 Å². The van der Waals surface area contributed by atoms with Crippen molar-refractivity contribution in [2.24, 2.45) is 0 Å². The van der Waals surface area contributed by atoms with Crippen molar-refractivity contribution < 1.29 is 4.79 Å². The molecular formula is C25H35N5O2. The summed E-state index contributed by atoms with van der Waals surface area (Å²) in [4.78, 5) is 38.2. The van der Waals surface area contributed by atoms with Crippen molar-refractivity contribution in [2.75, 3.05) is 45.8 Å². The molecule has 0 spiro atoms. The zero-order valence-corrected chi connectivity index (χ0v) is 19.3. The van der Waals surface area contributed by atoms with Gasteiger partial charge in [0, 0.05) is 63.8 Å². The fraction of sp³-hybridized carbons (Fsp3) is 0.640. The monoisotopic (exact) mass is 437 g/mol. The van der Waals surface area contributed by atoms with Crippen LogP contribution in [0.25, 0.3) is 10.9 Å². The predicted molar refractivity (Wildman–Crippen MR) is 126 cm³/mol. The molecule has 1 unspecified atom stereocenters. The van der Waals surface area contributed by atoms with Crippen LogP contribution in [-0.4, -0.2) is 82.0 Å². The molecule has 0 aliphatic carbocycles. The van der Waals surface area contributed by atoms with Gasteiger partial charge in [0.15, 0.2) is 0 Å². The Morgan fingerprint density at radius 3 is 2.66 bits per heavy atom. The minimum absolute atomic E-state index is 0.0401. The smallest absolute Gasteiger partial charge is 0.261 e. The van der Waals surface area contributed by atoms with Gasteiger partial charge in [0.05, 0.1) is 10.9 Å². The fourth-order valence-corrected chi connectivity index (χ4v) is 5.58. The third kappa shape index (κ3) is 4.20. The molecule has 1 atom stereocenters. The molecule has 2 saturated heterocycles. The lowest BCUT2D eigenvalue weighted by atomic mass is 10.1. The number of likely N-dealkylation sites (tertiary alicyclic amines) is 1. The number of hydrogen-bond donors (Lipinski definition) is 0. The lowest BCUT2D eigenvalue weighted by Crippen LogP contribution is -2.51. The lowest BCUT2D eigenvalue weighted by molar-refractivity contribution is 0.0745. The molecule has 7 nitrogen and oxygen atoms in total. The van der Waals surface area contributed by atoms with Crippen LogP contribution in [0.5, 0.6) is 0 Å². The second kappa shape index (κ2) is 9.32. The summed E-state index contributed by atoms with van der Waals surface area (Å²) in [6.45, 7) is 10.1. The van der Waals surface area contributed by atoms with Crippen molar-refractivity contribution in [3.63, 3.8) is 0 Å². The van der Waals surface area contributed by atoms with Crippen LogP contribution in [-0.2, 0) is 13.0 Å². The summed E-state index contributed by atoms with van der Waals surface area (Å²) in [6, 6.07) is 5.92. The maximum atomic E-state index is 13.3. The highest BCUT2D eigenvalue weighted by Crippen LogP contribution is 2.22. The van der Waals surface area contributed by atoms with E-state index in [2.05, 4.69) is 16.7 Å². The van der Waals surface area contributed by atoms with Gasteiger partial charge >= 0.3 is 0 Å². The molecule has 1 amide bonds. The Labute approximate surface area is 190 Å². The van der Waals surface area contributed by atoms with E-state index in [0.29, 0.717) is 22.5 Å². The summed E-state index contributed by atoms with van der Waals surface area (Å²) >= 11 is 0. The van der Waals surface area contributed by atoms with Gasteiger partial charge in [0.25, 0.3) is 11.5 Å². The van der Waals surface area contributed by atoms with Crippen molar-refractivity contribution in [3.8, 4) is 0 Å². The number of hydrogen-bond acceptors (Lipinski definition) is 5. The number of carbonyl (C=O) groups excluding carboxylic acids is 1.